The van der Waals surface area contributed by atoms with Gasteiger partial charge in [0.2, 0.25) is 16.5 Å². The lowest BCUT2D eigenvalue weighted by atomic mass is 10.5. The molecule has 8 heteroatoms. The van der Waals surface area contributed by atoms with Crippen molar-refractivity contribution in [2.45, 2.75) is 6.54 Å². The quantitative estimate of drug-likeness (QED) is 0.927. The van der Waals surface area contributed by atoms with E-state index in [2.05, 4.69) is 36.2 Å². The molecule has 0 radical (unpaired) electrons. The van der Waals surface area contributed by atoms with E-state index in [-0.39, 0.29) is 10.6 Å². The number of halogens is 3. The van der Waals surface area contributed by atoms with E-state index in [0.29, 0.717) is 12.5 Å². The van der Waals surface area contributed by atoms with Crippen LogP contribution in [-0.2, 0) is 6.54 Å². The molecule has 0 aliphatic carbocycles. The summed E-state index contributed by atoms with van der Waals surface area (Å²) < 4.78 is 1.05. The highest BCUT2D eigenvalue weighted by atomic mass is 79.9. The summed E-state index contributed by atoms with van der Waals surface area (Å²) in [5.41, 5.74) is 0. The molecule has 0 atom stereocenters. The van der Waals surface area contributed by atoms with Crippen LogP contribution in [0.5, 0.6) is 0 Å². The van der Waals surface area contributed by atoms with Gasteiger partial charge in [-0.3, -0.25) is 0 Å². The molecule has 0 aromatic carbocycles. The Bertz CT molecular complexity index is 484. The maximum Gasteiger partial charge on any atom is 0.228 e. The first kappa shape index (κ1) is 12.0. The predicted molar refractivity (Wildman–Crippen MR) is 69.2 cm³/mol. The fraction of sp³-hybridized carbons (Fsp3) is 0.125. The van der Waals surface area contributed by atoms with Gasteiger partial charge in [-0.05, 0) is 50.6 Å². The van der Waals surface area contributed by atoms with E-state index in [1.165, 1.54) is 0 Å². The lowest BCUT2D eigenvalue weighted by Crippen LogP contribution is -2.04. The second-order valence-corrected chi connectivity index (χ2v) is 5.27. The molecule has 2 rings (SSSR count). The minimum atomic E-state index is 0.0766. The third-order valence-corrected chi connectivity index (χ3v) is 3.94. The number of hydrogen-bond donors (Lipinski definition) is 1. The van der Waals surface area contributed by atoms with Gasteiger partial charge in [0.1, 0.15) is 0 Å². The number of hydrogen-bond acceptors (Lipinski definition) is 5. The number of rotatable bonds is 3. The third kappa shape index (κ3) is 3.04. The van der Waals surface area contributed by atoms with Crippen molar-refractivity contribution in [2.75, 3.05) is 5.32 Å². The Balaban J connectivity index is 2.07. The van der Waals surface area contributed by atoms with Crippen molar-refractivity contribution in [3.8, 4) is 0 Å². The highest BCUT2D eigenvalue weighted by Crippen LogP contribution is 2.23. The average molecular weight is 340 g/mol. The van der Waals surface area contributed by atoms with Gasteiger partial charge in [-0.25, -0.2) is 0 Å². The first-order valence-electron chi connectivity index (χ1n) is 4.18. The Morgan fingerprint density at radius 3 is 2.50 bits per heavy atom. The molecule has 0 saturated heterocycles. The van der Waals surface area contributed by atoms with Crippen LogP contribution in [0.25, 0.3) is 0 Å². The SMILES string of the molecule is Clc1nc(Cl)nc(NCc2sccc2Br)n1. The molecule has 0 aliphatic rings. The molecule has 84 valence electrons. The molecule has 2 aromatic heterocycles. The van der Waals surface area contributed by atoms with Gasteiger partial charge in [0.25, 0.3) is 0 Å². The summed E-state index contributed by atoms with van der Waals surface area (Å²) in [5.74, 6) is 0.366. The predicted octanol–water partition coefficient (Wildman–Crippen LogP) is 3.61. The standard InChI is InChI=1S/C8H5BrCl2N4S/c9-4-1-2-16-5(4)3-12-8-14-6(10)13-7(11)15-8/h1-2H,3H2,(H,12,13,14,15). The van der Waals surface area contributed by atoms with Crippen LogP contribution in [0.1, 0.15) is 4.88 Å². The fourth-order valence-corrected chi connectivity index (χ4v) is 2.81. The van der Waals surface area contributed by atoms with Crippen LogP contribution in [0.3, 0.4) is 0 Å². The molecule has 4 nitrogen and oxygen atoms in total. The normalized spacial score (nSPS) is 10.4. The molecular formula is C8H5BrCl2N4S. The van der Waals surface area contributed by atoms with Crippen LogP contribution < -0.4 is 5.32 Å². The van der Waals surface area contributed by atoms with Crippen molar-refractivity contribution in [2.24, 2.45) is 0 Å². The van der Waals surface area contributed by atoms with E-state index in [9.17, 15) is 0 Å². The van der Waals surface area contributed by atoms with Gasteiger partial charge in [0.15, 0.2) is 0 Å². The van der Waals surface area contributed by atoms with Gasteiger partial charge in [0.05, 0.1) is 6.54 Å². The summed E-state index contributed by atoms with van der Waals surface area (Å²) in [6.45, 7) is 0.606. The Morgan fingerprint density at radius 2 is 1.94 bits per heavy atom. The highest BCUT2D eigenvalue weighted by molar-refractivity contribution is 9.10. The number of aromatic nitrogens is 3. The maximum atomic E-state index is 5.65. The van der Waals surface area contributed by atoms with E-state index >= 15 is 0 Å². The van der Waals surface area contributed by atoms with Crippen molar-refractivity contribution < 1.29 is 0 Å². The van der Waals surface area contributed by atoms with Gasteiger partial charge in [0, 0.05) is 9.35 Å². The van der Waals surface area contributed by atoms with Gasteiger partial charge in [-0.15, -0.1) is 11.3 Å². The number of anilines is 1. The van der Waals surface area contributed by atoms with Crippen LogP contribution in [0.2, 0.25) is 10.6 Å². The minimum absolute atomic E-state index is 0.0766. The fourth-order valence-electron chi connectivity index (χ4n) is 1.02. The molecular weight excluding hydrogens is 335 g/mol. The van der Waals surface area contributed by atoms with E-state index < -0.39 is 0 Å². The van der Waals surface area contributed by atoms with E-state index in [4.69, 9.17) is 23.2 Å². The zero-order valence-electron chi connectivity index (χ0n) is 7.75. The second-order valence-electron chi connectivity index (χ2n) is 2.74. The summed E-state index contributed by atoms with van der Waals surface area (Å²) >= 11 is 16.4. The number of nitrogens with zero attached hydrogens (tertiary/aromatic N) is 3. The monoisotopic (exact) mass is 338 g/mol. The van der Waals surface area contributed by atoms with Crippen LogP contribution in [0, 0.1) is 0 Å². The van der Waals surface area contributed by atoms with Crippen LogP contribution >= 0.6 is 50.5 Å². The maximum absolute atomic E-state index is 5.65. The molecule has 0 saturated carbocycles. The first-order valence-corrected chi connectivity index (χ1v) is 6.61. The Morgan fingerprint density at radius 1 is 1.25 bits per heavy atom. The molecule has 0 unspecified atom stereocenters. The van der Waals surface area contributed by atoms with Crippen LogP contribution in [-0.4, -0.2) is 15.0 Å². The zero-order valence-corrected chi connectivity index (χ0v) is 11.7. The van der Waals surface area contributed by atoms with Crippen molar-refractivity contribution in [3.05, 3.63) is 31.4 Å². The van der Waals surface area contributed by atoms with E-state index in [1.807, 2.05) is 11.4 Å². The largest absolute Gasteiger partial charge is 0.349 e. The molecule has 0 spiro atoms. The summed E-state index contributed by atoms with van der Waals surface area (Å²) in [6, 6.07) is 1.98. The average Bonchev–Trinajstić information content (AvgIpc) is 2.59. The number of thiophene rings is 1. The smallest absolute Gasteiger partial charge is 0.228 e. The molecule has 2 heterocycles. The highest BCUT2D eigenvalue weighted by Gasteiger charge is 2.05. The van der Waals surface area contributed by atoms with Gasteiger partial charge >= 0.3 is 0 Å². The third-order valence-electron chi connectivity index (χ3n) is 1.68. The summed E-state index contributed by atoms with van der Waals surface area (Å²) in [6.07, 6.45) is 0. The van der Waals surface area contributed by atoms with Crippen LogP contribution in [0.15, 0.2) is 15.9 Å². The Labute approximate surface area is 114 Å². The van der Waals surface area contributed by atoms with Gasteiger partial charge in [-0.2, -0.15) is 15.0 Å². The zero-order chi connectivity index (χ0) is 11.5. The Kier molecular flexibility index (Phi) is 3.96. The van der Waals surface area contributed by atoms with Crippen molar-refractivity contribution >= 4 is 56.4 Å². The lowest BCUT2D eigenvalue weighted by molar-refractivity contribution is 1.01. The summed E-state index contributed by atoms with van der Waals surface area (Å²) in [5, 5.41) is 5.17. The molecule has 0 fully saturated rings. The molecule has 0 amide bonds. The van der Waals surface area contributed by atoms with Crippen molar-refractivity contribution in [1.29, 1.82) is 0 Å². The summed E-state index contributed by atoms with van der Waals surface area (Å²) in [4.78, 5) is 12.6. The molecule has 16 heavy (non-hydrogen) atoms. The van der Waals surface area contributed by atoms with Gasteiger partial charge < -0.3 is 5.32 Å². The first-order chi connectivity index (χ1) is 7.65. The van der Waals surface area contributed by atoms with E-state index in [1.54, 1.807) is 11.3 Å². The van der Waals surface area contributed by atoms with Crippen LogP contribution in [0.4, 0.5) is 5.95 Å². The van der Waals surface area contributed by atoms with E-state index in [0.717, 1.165) is 9.35 Å². The summed E-state index contributed by atoms with van der Waals surface area (Å²) in [7, 11) is 0. The minimum Gasteiger partial charge on any atom is -0.349 e. The lowest BCUT2D eigenvalue weighted by Gasteiger charge is -2.03. The molecule has 0 aliphatic heterocycles. The second kappa shape index (κ2) is 5.27. The topological polar surface area (TPSA) is 50.7 Å². The molecule has 2 aromatic rings. The number of nitrogens with one attached hydrogen (secondary N) is 1. The van der Waals surface area contributed by atoms with Crippen molar-refractivity contribution in [1.82, 2.24) is 15.0 Å². The molecule has 0 bridgehead atoms. The molecule has 1 N–H and O–H groups in total. The van der Waals surface area contributed by atoms with Gasteiger partial charge in [-0.1, -0.05) is 0 Å². The van der Waals surface area contributed by atoms with Crippen molar-refractivity contribution in [3.63, 3.8) is 0 Å². The Hall–Kier alpha value is -0.430.